The number of hydrogen-bond donors (Lipinski definition) is 1. The fourth-order valence-corrected chi connectivity index (χ4v) is 3.56. The zero-order valence-corrected chi connectivity index (χ0v) is 14.7. The number of nitrogens with zero attached hydrogens (tertiary/aromatic N) is 4. The molecular formula is C16H12F6N4OS. The molecule has 1 aliphatic carbocycles. The number of anilines is 1. The van der Waals surface area contributed by atoms with Crippen molar-refractivity contribution >= 4 is 23.0 Å². The topological polar surface area (TPSA) is 61.6 Å². The second-order valence-corrected chi connectivity index (χ2v) is 7.53. The number of hydrogen-bond acceptors (Lipinski definition) is 6. The molecule has 0 aromatic carbocycles. The molecule has 0 bridgehead atoms. The van der Waals surface area contributed by atoms with E-state index in [4.69, 9.17) is 0 Å². The van der Waals surface area contributed by atoms with Crippen LogP contribution in [0.25, 0.3) is 10.6 Å². The van der Waals surface area contributed by atoms with E-state index in [0.717, 1.165) is 11.3 Å². The van der Waals surface area contributed by atoms with Gasteiger partial charge in [0, 0.05) is 12.1 Å². The molecule has 2 aromatic heterocycles. The third-order valence-electron chi connectivity index (χ3n) is 4.48. The van der Waals surface area contributed by atoms with Gasteiger partial charge in [-0.15, -0.1) is 11.3 Å². The lowest BCUT2D eigenvalue weighted by atomic mass is 10.0. The van der Waals surface area contributed by atoms with Crippen molar-refractivity contribution in [3.05, 3.63) is 29.3 Å². The van der Waals surface area contributed by atoms with Crippen LogP contribution in [0.2, 0.25) is 0 Å². The standard InChI is InChI=1S/C16H12F6N4OS/c17-15(18,19)12-6-9(11-2-1-5-28-11)23-13(24-12)26-14(27,16(20,21)22)7-10(25-26)8-3-4-8/h1-2,5-6,8,27H,3-4,7H2. The Kier molecular flexibility index (Phi) is 4.20. The normalized spacial score (nSPS) is 23.2. The molecule has 12 heteroatoms. The maximum absolute atomic E-state index is 13.6. The van der Waals surface area contributed by atoms with Gasteiger partial charge in [-0.2, -0.15) is 36.5 Å². The minimum atomic E-state index is -5.17. The zero-order chi connectivity index (χ0) is 20.3. The first-order chi connectivity index (χ1) is 13.0. The molecule has 0 saturated heterocycles. The minimum Gasteiger partial charge on any atom is -0.362 e. The molecule has 3 heterocycles. The van der Waals surface area contributed by atoms with Crippen molar-refractivity contribution in [2.45, 2.75) is 37.3 Å². The average molecular weight is 422 g/mol. The van der Waals surface area contributed by atoms with Crippen molar-refractivity contribution in [1.82, 2.24) is 9.97 Å². The van der Waals surface area contributed by atoms with Crippen LogP contribution in [0.1, 0.15) is 25.0 Å². The maximum atomic E-state index is 13.6. The SMILES string of the molecule is OC1(C(F)(F)F)CC(C2CC2)=NN1c1nc(-c2cccs2)cc(C(F)(F)F)n1. The van der Waals surface area contributed by atoms with E-state index in [9.17, 15) is 31.4 Å². The number of aliphatic hydroxyl groups is 1. The van der Waals surface area contributed by atoms with Gasteiger partial charge in [0.05, 0.1) is 10.6 Å². The molecule has 1 unspecified atom stereocenters. The molecule has 0 spiro atoms. The quantitative estimate of drug-likeness (QED) is 0.743. The highest BCUT2D eigenvalue weighted by molar-refractivity contribution is 7.13. The Morgan fingerprint density at radius 1 is 1.14 bits per heavy atom. The van der Waals surface area contributed by atoms with E-state index >= 15 is 0 Å². The van der Waals surface area contributed by atoms with Gasteiger partial charge in [0.15, 0.2) is 5.69 Å². The maximum Gasteiger partial charge on any atom is 0.438 e. The van der Waals surface area contributed by atoms with Crippen molar-refractivity contribution in [1.29, 1.82) is 0 Å². The number of rotatable bonds is 3. The zero-order valence-electron chi connectivity index (χ0n) is 13.9. The number of alkyl halides is 6. The van der Waals surface area contributed by atoms with E-state index in [0.29, 0.717) is 23.8 Å². The molecular weight excluding hydrogens is 410 g/mol. The third kappa shape index (κ3) is 3.24. The summed E-state index contributed by atoms with van der Waals surface area (Å²) in [6.07, 6.45) is -9.71. The second kappa shape index (κ2) is 6.14. The van der Waals surface area contributed by atoms with Gasteiger partial charge in [0.1, 0.15) is 0 Å². The molecule has 28 heavy (non-hydrogen) atoms. The van der Waals surface area contributed by atoms with Crippen LogP contribution in [0.4, 0.5) is 32.3 Å². The first kappa shape index (κ1) is 19.1. The molecule has 150 valence electrons. The lowest BCUT2D eigenvalue weighted by molar-refractivity contribution is -0.254. The van der Waals surface area contributed by atoms with E-state index in [2.05, 4.69) is 15.1 Å². The largest absolute Gasteiger partial charge is 0.438 e. The Morgan fingerprint density at radius 3 is 2.39 bits per heavy atom. The van der Waals surface area contributed by atoms with E-state index in [1.54, 1.807) is 11.4 Å². The summed E-state index contributed by atoms with van der Waals surface area (Å²) in [5.74, 6) is -1.17. The van der Waals surface area contributed by atoms with Crippen LogP contribution in [0.5, 0.6) is 0 Å². The Morgan fingerprint density at radius 2 is 1.86 bits per heavy atom. The van der Waals surface area contributed by atoms with E-state index < -0.39 is 36.1 Å². The summed E-state index contributed by atoms with van der Waals surface area (Å²) in [6, 6.07) is 3.71. The van der Waals surface area contributed by atoms with Crippen LogP contribution in [0, 0.1) is 5.92 Å². The van der Waals surface area contributed by atoms with E-state index in [1.807, 2.05) is 0 Å². The predicted molar refractivity (Wildman–Crippen MR) is 88.6 cm³/mol. The first-order valence-electron chi connectivity index (χ1n) is 8.16. The summed E-state index contributed by atoms with van der Waals surface area (Å²) < 4.78 is 80.7. The highest BCUT2D eigenvalue weighted by atomic mass is 32.1. The number of aromatic nitrogens is 2. The van der Waals surface area contributed by atoms with Gasteiger partial charge in [-0.1, -0.05) is 6.07 Å². The second-order valence-electron chi connectivity index (χ2n) is 6.58. The Hall–Kier alpha value is -2.21. The minimum absolute atomic E-state index is 0.0764. The molecule has 5 nitrogen and oxygen atoms in total. The molecule has 1 saturated carbocycles. The van der Waals surface area contributed by atoms with Gasteiger partial charge >= 0.3 is 12.4 Å². The van der Waals surface area contributed by atoms with Crippen LogP contribution in [0.15, 0.2) is 28.7 Å². The average Bonchev–Trinajstić information content (AvgIpc) is 3.16. The Bertz CT molecular complexity index is 922. The summed E-state index contributed by atoms with van der Waals surface area (Å²) in [7, 11) is 0. The fraction of sp³-hybridized carbons (Fsp3) is 0.438. The van der Waals surface area contributed by atoms with Gasteiger partial charge in [0.2, 0.25) is 5.95 Å². The summed E-state index contributed by atoms with van der Waals surface area (Å²) in [4.78, 5) is 7.41. The number of halogens is 6. The van der Waals surface area contributed by atoms with Gasteiger partial charge < -0.3 is 5.11 Å². The van der Waals surface area contributed by atoms with E-state index in [-0.39, 0.29) is 22.3 Å². The van der Waals surface area contributed by atoms with Crippen LogP contribution in [0.3, 0.4) is 0 Å². The molecule has 0 amide bonds. The van der Waals surface area contributed by atoms with Crippen molar-refractivity contribution < 1.29 is 31.4 Å². The lowest BCUT2D eigenvalue weighted by Crippen LogP contribution is -2.55. The molecule has 2 aromatic rings. The van der Waals surface area contributed by atoms with Crippen molar-refractivity contribution in [2.24, 2.45) is 11.0 Å². The number of hydrazone groups is 1. The Labute approximate surface area is 158 Å². The molecule has 2 aliphatic rings. The van der Waals surface area contributed by atoms with E-state index in [1.165, 1.54) is 6.07 Å². The predicted octanol–water partition coefficient (Wildman–Crippen LogP) is 4.45. The smallest absolute Gasteiger partial charge is 0.362 e. The van der Waals surface area contributed by atoms with Crippen molar-refractivity contribution in [2.75, 3.05) is 5.01 Å². The van der Waals surface area contributed by atoms with Crippen LogP contribution < -0.4 is 5.01 Å². The molecule has 1 fully saturated rings. The van der Waals surface area contributed by atoms with Gasteiger partial charge in [-0.05, 0) is 36.3 Å². The summed E-state index contributed by atoms with van der Waals surface area (Å²) in [5, 5.41) is 15.8. The monoisotopic (exact) mass is 422 g/mol. The lowest BCUT2D eigenvalue weighted by Gasteiger charge is -2.32. The third-order valence-corrected chi connectivity index (χ3v) is 5.37. The summed E-state index contributed by atoms with van der Waals surface area (Å²) in [6.45, 7) is 0. The molecule has 1 atom stereocenters. The molecule has 1 N–H and O–H groups in total. The van der Waals surface area contributed by atoms with Crippen molar-refractivity contribution in [3.8, 4) is 10.6 Å². The fourth-order valence-electron chi connectivity index (χ4n) is 2.87. The highest BCUT2D eigenvalue weighted by Gasteiger charge is 2.63. The van der Waals surface area contributed by atoms with Gasteiger partial charge in [-0.25, -0.2) is 9.97 Å². The van der Waals surface area contributed by atoms with Gasteiger partial charge in [0.25, 0.3) is 5.72 Å². The van der Waals surface area contributed by atoms with Gasteiger partial charge in [-0.3, -0.25) is 0 Å². The highest BCUT2D eigenvalue weighted by Crippen LogP contribution is 2.47. The first-order valence-corrected chi connectivity index (χ1v) is 9.04. The summed E-state index contributed by atoms with van der Waals surface area (Å²) >= 11 is 1.07. The number of thiophene rings is 1. The van der Waals surface area contributed by atoms with Crippen LogP contribution >= 0.6 is 11.3 Å². The molecule has 1 aliphatic heterocycles. The summed E-state index contributed by atoms with van der Waals surface area (Å²) in [5.41, 5.74) is -5.03. The van der Waals surface area contributed by atoms with Crippen LogP contribution in [-0.4, -0.2) is 32.7 Å². The molecule has 4 rings (SSSR count). The molecule has 0 radical (unpaired) electrons. The van der Waals surface area contributed by atoms with Crippen molar-refractivity contribution in [3.63, 3.8) is 0 Å². The van der Waals surface area contributed by atoms with Crippen LogP contribution in [-0.2, 0) is 6.18 Å². The Balaban J connectivity index is 1.87.